The number of carboxylic acid groups (broad SMARTS) is 1. The van der Waals surface area contributed by atoms with E-state index in [9.17, 15) is 9.90 Å². The molecule has 35 heavy (non-hydrogen) atoms. The minimum atomic E-state index is -1.12. The van der Waals surface area contributed by atoms with Gasteiger partial charge in [-0.05, 0) is 40.6 Å². The van der Waals surface area contributed by atoms with Gasteiger partial charge in [0.2, 0.25) is 11.7 Å². The number of benzene rings is 3. The Bertz CT molecular complexity index is 1330. The van der Waals surface area contributed by atoms with E-state index in [-0.39, 0.29) is 17.3 Å². The highest BCUT2D eigenvalue weighted by molar-refractivity contribution is 5.97. The molecule has 1 heterocycles. The van der Waals surface area contributed by atoms with Crippen LogP contribution in [0.3, 0.4) is 0 Å². The van der Waals surface area contributed by atoms with Crippen molar-refractivity contribution in [3.63, 3.8) is 0 Å². The predicted molar refractivity (Wildman–Crippen MR) is 132 cm³/mol. The Hall–Kier alpha value is -4.73. The molecule has 0 fully saturated rings. The van der Waals surface area contributed by atoms with Crippen LogP contribution in [0.4, 0.5) is 11.8 Å². The number of aromatic nitrogens is 2. The van der Waals surface area contributed by atoms with Crippen LogP contribution in [0.5, 0.6) is 23.0 Å². The molecule has 0 aliphatic rings. The molecule has 0 atom stereocenters. The van der Waals surface area contributed by atoms with Crippen LogP contribution < -0.4 is 25.7 Å². The number of anilines is 2. The monoisotopic (exact) mass is 478 g/mol. The van der Waals surface area contributed by atoms with Crippen molar-refractivity contribution < 1.29 is 29.2 Å². The number of nitrogens with two attached hydrogens (primary N) is 2. The number of fused-ring (bicyclic) bond motifs is 1. The van der Waals surface area contributed by atoms with Crippen LogP contribution in [0, 0.1) is 0 Å². The molecular formula is C25H26N4O6. The van der Waals surface area contributed by atoms with Gasteiger partial charge in [-0.2, -0.15) is 4.98 Å². The molecule has 4 aromatic rings. The van der Waals surface area contributed by atoms with Gasteiger partial charge < -0.3 is 35.9 Å². The molecule has 4 rings (SSSR count). The average molecular weight is 479 g/mol. The summed E-state index contributed by atoms with van der Waals surface area (Å²) in [5, 5.41) is 19.8. The number of nitrogens with zero attached hydrogens (tertiary/aromatic N) is 2. The van der Waals surface area contributed by atoms with Crippen molar-refractivity contribution >= 4 is 28.5 Å². The molecule has 0 unspecified atom stereocenters. The van der Waals surface area contributed by atoms with E-state index in [1.54, 1.807) is 33.6 Å². The number of methoxy groups -OCH3 is 3. The third-order valence-electron chi connectivity index (χ3n) is 5.13. The molecule has 0 saturated heterocycles. The normalized spacial score (nSPS) is 10.3. The minimum absolute atomic E-state index is 0.0660. The third-order valence-corrected chi connectivity index (χ3v) is 5.13. The average Bonchev–Trinajstić information content (AvgIpc) is 2.84. The number of nitrogen functional groups attached to an aromatic ring is 2. The number of aromatic hydroxyl groups is 1. The van der Waals surface area contributed by atoms with Crippen molar-refractivity contribution in [2.45, 2.75) is 6.42 Å². The molecule has 0 radical (unpaired) electrons. The van der Waals surface area contributed by atoms with Gasteiger partial charge in [0.1, 0.15) is 17.1 Å². The molecule has 10 heteroatoms. The number of carboxylic acids is 1. The van der Waals surface area contributed by atoms with Gasteiger partial charge in [0.25, 0.3) is 0 Å². The zero-order chi connectivity index (χ0) is 25.5. The molecule has 1 aromatic heterocycles. The Morgan fingerprint density at radius 1 is 0.943 bits per heavy atom. The second-order valence-electron chi connectivity index (χ2n) is 7.37. The number of ether oxygens (including phenoxy) is 3. The van der Waals surface area contributed by atoms with Crippen molar-refractivity contribution in [2.75, 3.05) is 32.8 Å². The number of hydrogen-bond acceptors (Lipinski definition) is 9. The van der Waals surface area contributed by atoms with E-state index in [1.807, 2.05) is 30.3 Å². The number of carbonyl (C=O) groups is 1. The first kappa shape index (κ1) is 24.9. The Kier molecular flexibility index (Phi) is 7.77. The predicted octanol–water partition coefficient (Wildman–Crippen LogP) is 3.50. The molecule has 3 aromatic carbocycles. The van der Waals surface area contributed by atoms with Gasteiger partial charge in [-0.1, -0.05) is 24.3 Å². The SMILES string of the molecule is COc1cc(Cc2cnc(N)nc2N)cc(OC)c1OC.O=C(O)c1cc2ccccc2cc1O. The fourth-order valence-electron chi connectivity index (χ4n) is 3.43. The van der Waals surface area contributed by atoms with E-state index < -0.39 is 5.97 Å². The quantitative estimate of drug-likeness (QED) is 0.322. The molecule has 182 valence electrons. The van der Waals surface area contributed by atoms with Gasteiger partial charge >= 0.3 is 5.97 Å². The number of hydrogen-bond donors (Lipinski definition) is 4. The van der Waals surface area contributed by atoms with Gasteiger partial charge in [-0.15, -0.1) is 0 Å². The van der Waals surface area contributed by atoms with E-state index >= 15 is 0 Å². The Balaban J connectivity index is 0.000000211. The van der Waals surface area contributed by atoms with Crippen molar-refractivity contribution in [3.05, 3.63) is 71.4 Å². The lowest BCUT2D eigenvalue weighted by Crippen LogP contribution is -2.04. The van der Waals surface area contributed by atoms with Crippen LogP contribution in [-0.2, 0) is 6.42 Å². The summed E-state index contributed by atoms with van der Waals surface area (Å²) in [5.74, 6) is 0.913. The van der Waals surface area contributed by atoms with E-state index in [4.69, 9.17) is 30.8 Å². The van der Waals surface area contributed by atoms with Crippen molar-refractivity contribution in [2.24, 2.45) is 0 Å². The molecule has 0 spiro atoms. The Morgan fingerprint density at radius 3 is 2.06 bits per heavy atom. The highest BCUT2D eigenvalue weighted by Crippen LogP contribution is 2.38. The van der Waals surface area contributed by atoms with E-state index in [1.165, 1.54) is 12.1 Å². The van der Waals surface area contributed by atoms with Crippen LogP contribution in [0.15, 0.2) is 54.7 Å². The standard InChI is InChI=1S/C14H18N4O3.C11H8O3/c1-19-10-5-8(6-11(20-2)12(10)21-3)4-9-7-17-14(16)18-13(9)15;12-10-6-8-4-2-1-3-7(8)5-9(10)11(13)14/h5-7H,4H2,1-3H3,(H4,15,16,17,18);1-6,12H,(H,13,14). The molecule has 0 aliphatic heterocycles. The lowest BCUT2D eigenvalue weighted by Gasteiger charge is -2.14. The smallest absolute Gasteiger partial charge is 0.339 e. The summed E-state index contributed by atoms with van der Waals surface area (Å²) in [7, 11) is 4.70. The zero-order valence-electron chi connectivity index (χ0n) is 19.5. The first-order chi connectivity index (χ1) is 16.8. The molecule has 0 amide bonds. The maximum atomic E-state index is 10.7. The maximum Gasteiger partial charge on any atom is 0.339 e. The van der Waals surface area contributed by atoms with E-state index in [0.29, 0.717) is 29.5 Å². The number of rotatable bonds is 6. The van der Waals surface area contributed by atoms with Crippen molar-refractivity contribution in [1.29, 1.82) is 0 Å². The van der Waals surface area contributed by atoms with Crippen LogP contribution in [0.2, 0.25) is 0 Å². The Morgan fingerprint density at radius 2 is 1.54 bits per heavy atom. The summed E-state index contributed by atoms with van der Waals surface area (Å²) in [5.41, 5.74) is 13.0. The summed E-state index contributed by atoms with van der Waals surface area (Å²) in [6.07, 6.45) is 2.14. The molecule has 0 aliphatic carbocycles. The highest BCUT2D eigenvalue weighted by atomic mass is 16.5. The lowest BCUT2D eigenvalue weighted by atomic mass is 10.1. The molecular weight excluding hydrogens is 452 g/mol. The molecule has 0 saturated carbocycles. The second-order valence-corrected chi connectivity index (χ2v) is 7.37. The third kappa shape index (κ3) is 5.80. The van der Waals surface area contributed by atoms with Crippen LogP contribution in [0.1, 0.15) is 21.5 Å². The van der Waals surface area contributed by atoms with E-state index in [0.717, 1.165) is 21.9 Å². The minimum Gasteiger partial charge on any atom is -0.507 e. The number of aromatic carboxylic acids is 1. The molecule has 0 bridgehead atoms. The van der Waals surface area contributed by atoms with Crippen LogP contribution >= 0.6 is 0 Å². The van der Waals surface area contributed by atoms with Gasteiger partial charge in [0, 0.05) is 18.2 Å². The summed E-state index contributed by atoms with van der Waals surface area (Å²) < 4.78 is 15.9. The summed E-state index contributed by atoms with van der Waals surface area (Å²) in [6.45, 7) is 0. The molecule has 6 N–H and O–H groups in total. The van der Waals surface area contributed by atoms with Gasteiger partial charge in [-0.3, -0.25) is 0 Å². The topological polar surface area (TPSA) is 163 Å². The Labute approximate surface area is 201 Å². The van der Waals surface area contributed by atoms with Gasteiger partial charge in [0.05, 0.1) is 21.3 Å². The lowest BCUT2D eigenvalue weighted by molar-refractivity contribution is 0.0694. The first-order valence-corrected chi connectivity index (χ1v) is 10.4. The fraction of sp³-hybridized carbons (Fsp3) is 0.160. The van der Waals surface area contributed by atoms with Gasteiger partial charge in [-0.25, -0.2) is 9.78 Å². The maximum absolute atomic E-state index is 10.7. The summed E-state index contributed by atoms with van der Waals surface area (Å²) in [4.78, 5) is 18.6. The largest absolute Gasteiger partial charge is 0.507 e. The second kappa shape index (κ2) is 10.9. The van der Waals surface area contributed by atoms with Crippen LogP contribution in [-0.4, -0.2) is 47.5 Å². The first-order valence-electron chi connectivity index (χ1n) is 10.4. The van der Waals surface area contributed by atoms with Crippen molar-refractivity contribution in [1.82, 2.24) is 9.97 Å². The van der Waals surface area contributed by atoms with E-state index in [2.05, 4.69) is 9.97 Å². The fourth-order valence-corrected chi connectivity index (χ4v) is 3.43. The molecule has 10 nitrogen and oxygen atoms in total. The van der Waals surface area contributed by atoms with Crippen molar-refractivity contribution in [3.8, 4) is 23.0 Å². The highest BCUT2D eigenvalue weighted by Gasteiger charge is 2.14. The zero-order valence-corrected chi connectivity index (χ0v) is 19.5. The summed E-state index contributed by atoms with van der Waals surface area (Å²) >= 11 is 0. The van der Waals surface area contributed by atoms with Gasteiger partial charge in [0.15, 0.2) is 11.5 Å². The number of phenols is 1. The van der Waals surface area contributed by atoms with Crippen LogP contribution in [0.25, 0.3) is 10.8 Å². The summed E-state index contributed by atoms with van der Waals surface area (Å²) in [6, 6.07) is 13.9.